The number of hydrogen-bond donors (Lipinski definition) is 24. The van der Waals surface area contributed by atoms with E-state index >= 15 is 4.79 Å². The quantitative estimate of drug-likeness (QED) is 0.0195. The molecule has 3 aliphatic rings. The van der Waals surface area contributed by atoms with Crippen molar-refractivity contribution in [2.75, 3.05) is 55.9 Å². The van der Waals surface area contributed by atoms with Gasteiger partial charge in [0.2, 0.25) is 100 Å². The Balaban J connectivity index is 1.22. The first-order valence-electron chi connectivity index (χ1n) is 37.0. The molecule has 42 nitrogen and oxygen atoms in total. The maximum absolute atomic E-state index is 15.0. The number of aliphatic hydroxyl groups is 3. The molecule has 644 valence electrons. The molecule has 0 spiro atoms. The number of nitrogens with two attached hydrogens (primary N) is 3. The van der Waals surface area contributed by atoms with Crippen molar-refractivity contribution in [2.24, 2.45) is 17.2 Å². The molecule has 0 radical (unpaired) electrons. The number of carbonyl (C=O) groups is 18. The molecule has 46 heteroatoms. The zero-order chi connectivity index (χ0) is 87.2. The lowest BCUT2D eigenvalue weighted by atomic mass is 10.0. The van der Waals surface area contributed by atoms with Crippen molar-refractivity contribution in [2.45, 2.75) is 168 Å². The molecule has 16 atom stereocenters. The Morgan fingerprint density at radius 1 is 0.534 bits per heavy atom. The van der Waals surface area contributed by atoms with E-state index in [-0.39, 0.29) is 81.0 Å². The number of thiol groups is 2. The Morgan fingerprint density at radius 3 is 1.58 bits per heavy atom. The largest absolute Gasteiger partial charge is 0.508 e. The topological polar surface area (TPSA) is 670 Å². The summed E-state index contributed by atoms with van der Waals surface area (Å²) in [6, 6.07) is -6.24. The Hall–Kier alpha value is -11.0. The van der Waals surface area contributed by atoms with Crippen LogP contribution in [0, 0.1) is 0 Å². The second-order valence-electron chi connectivity index (χ2n) is 27.7. The minimum atomic E-state index is -2.13. The standard InChI is InChI=1S/C72H98N18O24S4/c1-34(59(101)88-57(35(2)93)70(112)81-43(25-54(74)96)62(104)83-46(28-91)64(106)80-44(26-56(98)99)63(105)78-42(23-37-12-16-39(94)17-13-37)61(103)85-48(30-115)58(75)100)76-60(102)41(22-36-8-4-3-5-9-36)79-68(110)51-33-118-117-32-50(77-55(97)27-73)67(109)86-49(31-116)66(108)84-47(29-92)65(107)82-45(24-38-14-18-40(95)19-15-38)71(113)90-21-7-11-53(90)72(114)89-20-6-10-52(89)69(111)87-51/h3-5,8-9,12-19,34-35,41-53,57,91-95,115-116H,6-7,10-11,20-33,73H2,1-2H3,(H2,74,96)(H2,75,100)(H,76,102)(H,77,97)(H,78,105)(H,79,110)(H,80,106)(H,81,112)(H,82,107)(H,83,104)(H,84,108)(H,85,103)(H,86,109)(H,87,111)(H,88,101)(H,98,99)/t34-,35+,41-,42-,43-,44-,45?,46-,47-,48-,49?,50?,51?,52-,53-,57-/m0/s1. The fraction of sp³-hybridized carbons (Fsp3) is 0.500. The average molecular weight is 1730 g/mol. The highest BCUT2D eigenvalue weighted by atomic mass is 33.1. The lowest BCUT2D eigenvalue weighted by Crippen LogP contribution is -2.62. The molecule has 4 unspecified atom stereocenters. The van der Waals surface area contributed by atoms with Crippen LogP contribution in [0.2, 0.25) is 0 Å². The minimum absolute atomic E-state index is 0.00223. The molecule has 118 heavy (non-hydrogen) atoms. The van der Waals surface area contributed by atoms with Crippen molar-refractivity contribution in [3.63, 3.8) is 0 Å². The number of nitrogens with zero attached hydrogens (tertiary/aromatic N) is 2. The normalized spacial score (nSPS) is 21.2. The Kier molecular flexibility index (Phi) is 38.0. The average Bonchev–Trinajstić information content (AvgIpc) is 1.64. The fourth-order valence-electron chi connectivity index (χ4n) is 12.4. The van der Waals surface area contributed by atoms with Crippen LogP contribution in [0.4, 0.5) is 0 Å². The predicted molar refractivity (Wildman–Crippen MR) is 427 cm³/mol. The number of aromatic hydroxyl groups is 2. The van der Waals surface area contributed by atoms with Gasteiger partial charge in [-0.3, -0.25) is 86.3 Å². The monoisotopic (exact) mass is 1730 g/mol. The third-order valence-corrected chi connectivity index (χ3v) is 21.9. The maximum Gasteiger partial charge on any atom is 0.305 e. The van der Waals surface area contributed by atoms with Gasteiger partial charge in [-0.2, -0.15) is 25.3 Å². The van der Waals surface area contributed by atoms with Gasteiger partial charge < -0.3 is 127 Å². The number of phenols is 2. The zero-order valence-corrected chi connectivity index (χ0v) is 67.3. The van der Waals surface area contributed by atoms with E-state index in [1.165, 1.54) is 58.3 Å². The third kappa shape index (κ3) is 28.9. The van der Waals surface area contributed by atoms with E-state index < -0.39 is 247 Å². The van der Waals surface area contributed by atoms with E-state index in [9.17, 15) is 112 Å². The van der Waals surface area contributed by atoms with Gasteiger partial charge in [0.1, 0.15) is 102 Å². The van der Waals surface area contributed by atoms with Crippen molar-refractivity contribution in [1.29, 1.82) is 0 Å². The van der Waals surface area contributed by atoms with Crippen LogP contribution in [0.15, 0.2) is 78.9 Å². The molecule has 25 N–H and O–H groups in total. The van der Waals surface area contributed by atoms with Crippen LogP contribution < -0.4 is 86.3 Å². The van der Waals surface area contributed by atoms with Gasteiger partial charge in [-0.1, -0.05) is 76.2 Å². The highest BCUT2D eigenvalue weighted by Gasteiger charge is 2.46. The highest BCUT2D eigenvalue weighted by Crippen LogP contribution is 2.28. The number of carboxylic acid groups (broad SMARTS) is 1. The molecule has 0 aromatic heterocycles. The number of primary amides is 2. The molecule has 3 heterocycles. The van der Waals surface area contributed by atoms with E-state index in [1.54, 1.807) is 30.3 Å². The summed E-state index contributed by atoms with van der Waals surface area (Å²) >= 11 is 8.22. The SMILES string of the molecule is C[C@H](NC(=O)[C@H](Cc1ccccc1)NC(=O)C1CSSCC(NC(=O)CN)C(=O)NC(CS)C(=O)N[C@@H](CO)C(=O)NC(Cc2ccc(O)cc2)C(=O)N2CCC[C@H]2C(=O)N2CCC[C@H]2C(=O)N1)C(=O)N[C@H](C(=O)N[C@@H](CC(N)=O)C(=O)N[C@@H](CO)C(=O)N[C@@H](CC(=O)O)C(=O)N[C@@H](Cc1ccc(O)cc1)C(=O)N[C@@H](CS)C(N)=O)[C@@H](C)O. The van der Waals surface area contributed by atoms with Crippen LogP contribution in [0.25, 0.3) is 0 Å². The van der Waals surface area contributed by atoms with E-state index in [1.807, 2.05) is 10.6 Å². The van der Waals surface area contributed by atoms with Gasteiger partial charge in [-0.05, 0) is 80.5 Å². The number of rotatable bonds is 34. The molecule has 0 aliphatic carbocycles. The van der Waals surface area contributed by atoms with Gasteiger partial charge in [0, 0.05) is 55.4 Å². The second kappa shape index (κ2) is 46.8. The van der Waals surface area contributed by atoms with Crippen molar-refractivity contribution >= 4 is 153 Å². The van der Waals surface area contributed by atoms with E-state index in [4.69, 9.17) is 17.2 Å². The molecule has 3 aromatic carbocycles. The lowest BCUT2D eigenvalue weighted by Gasteiger charge is -2.33. The molecule has 6 rings (SSSR count). The van der Waals surface area contributed by atoms with Crippen molar-refractivity contribution in [3.05, 3.63) is 95.6 Å². The molecule has 3 aliphatic heterocycles. The summed E-state index contributed by atoms with van der Waals surface area (Å²) in [5.74, 6) is -21.9. The predicted octanol–water partition coefficient (Wildman–Crippen LogP) is -9.16. The number of nitrogens with one attached hydrogen (secondary N) is 13. The van der Waals surface area contributed by atoms with Gasteiger partial charge in [0.15, 0.2) is 0 Å². The zero-order valence-electron chi connectivity index (χ0n) is 63.8. The number of benzene rings is 3. The minimum Gasteiger partial charge on any atom is -0.508 e. The lowest BCUT2D eigenvalue weighted by molar-refractivity contribution is -0.148. The third-order valence-electron chi connectivity index (χ3n) is 18.8. The smallest absolute Gasteiger partial charge is 0.305 e. The van der Waals surface area contributed by atoms with E-state index in [0.29, 0.717) is 16.7 Å². The molecule has 3 aromatic rings. The summed E-state index contributed by atoms with van der Waals surface area (Å²) in [5.41, 5.74) is 17.6. The summed E-state index contributed by atoms with van der Waals surface area (Å²) < 4.78 is 0. The molecular formula is C72H98N18O24S4. The summed E-state index contributed by atoms with van der Waals surface area (Å²) in [4.78, 5) is 251. The highest BCUT2D eigenvalue weighted by molar-refractivity contribution is 8.76. The summed E-state index contributed by atoms with van der Waals surface area (Å²) in [7, 11) is 1.74. The van der Waals surface area contributed by atoms with Crippen LogP contribution >= 0.6 is 46.8 Å². The summed E-state index contributed by atoms with van der Waals surface area (Å²) in [5, 5.41) is 92.0. The Morgan fingerprint density at radius 2 is 1.03 bits per heavy atom. The van der Waals surface area contributed by atoms with Crippen molar-refractivity contribution in [3.8, 4) is 11.5 Å². The molecule has 0 bridgehead atoms. The number of fused-ring (bicyclic) bond motifs is 2. The van der Waals surface area contributed by atoms with Crippen LogP contribution in [-0.2, 0) is 106 Å². The van der Waals surface area contributed by atoms with Crippen LogP contribution in [-0.4, -0.2) is 299 Å². The number of carbonyl (C=O) groups excluding carboxylic acids is 17. The first kappa shape index (κ1) is 95.8. The number of amides is 17. The van der Waals surface area contributed by atoms with Crippen LogP contribution in [0.1, 0.15) is 69.1 Å². The molecule has 0 saturated carbocycles. The Labute approximate surface area is 694 Å². The maximum atomic E-state index is 15.0. The van der Waals surface area contributed by atoms with Crippen LogP contribution in [0.5, 0.6) is 11.5 Å². The van der Waals surface area contributed by atoms with Gasteiger partial charge in [-0.25, -0.2) is 0 Å². The molecule has 17 amide bonds. The molecule has 3 fully saturated rings. The number of phenolic OH excluding ortho intramolecular Hbond substituents is 2. The summed E-state index contributed by atoms with van der Waals surface area (Å²) in [6.45, 7) is -0.818. The fourth-order valence-corrected chi connectivity index (χ4v) is 15.2. The van der Waals surface area contributed by atoms with Crippen LogP contribution in [0.3, 0.4) is 0 Å². The molecule has 3 saturated heterocycles. The van der Waals surface area contributed by atoms with E-state index in [2.05, 4.69) is 83.7 Å². The summed E-state index contributed by atoms with van der Waals surface area (Å²) in [6.07, 6.45) is -4.35. The second-order valence-corrected chi connectivity index (χ2v) is 31.0. The van der Waals surface area contributed by atoms with E-state index in [0.717, 1.165) is 35.4 Å². The number of hydrogen-bond acceptors (Lipinski definition) is 28. The Bertz CT molecular complexity index is 4130. The van der Waals surface area contributed by atoms with Crippen molar-refractivity contribution < 1.29 is 117 Å². The van der Waals surface area contributed by atoms with Gasteiger partial charge >= 0.3 is 5.97 Å². The van der Waals surface area contributed by atoms with Crippen molar-refractivity contribution in [1.82, 2.24) is 78.9 Å². The number of aliphatic hydroxyl groups excluding tert-OH is 3. The van der Waals surface area contributed by atoms with Gasteiger partial charge in [-0.15, -0.1) is 0 Å². The van der Waals surface area contributed by atoms with Gasteiger partial charge in [0.25, 0.3) is 0 Å². The first-order chi connectivity index (χ1) is 56.0. The number of aliphatic carboxylic acids is 1. The number of carboxylic acids is 1. The molecular weight excluding hydrogens is 1630 g/mol. The first-order valence-corrected chi connectivity index (χ1v) is 40.7. The van der Waals surface area contributed by atoms with Gasteiger partial charge in [0.05, 0.1) is 38.7 Å².